The Morgan fingerprint density at radius 1 is 0.363 bits per heavy atom. The first kappa shape index (κ1) is 89.9. The maximum absolute atomic E-state index is 11.8. The minimum Gasteiger partial charge on any atom is -0.497 e. The first-order chi connectivity index (χ1) is 47.2. The van der Waals surface area contributed by atoms with Crippen LogP contribution in [0.5, 0.6) is 28.7 Å². The summed E-state index contributed by atoms with van der Waals surface area (Å²) in [6, 6.07) is 35.7. The quantitative estimate of drug-likeness (QED) is 0.00926. The Kier molecular flexibility index (Phi) is 39.0. The van der Waals surface area contributed by atoms with Gasteiger partial charge in [0.15, 0.2) is 0 Å². The number of nitrogens with two attached hydrogens (primary N) is 3. The van der Waals surface area contributed by atoms with Gasteiger partial charge in [0.05, 0.1) is 96.5 Å². The number of primary amides is 3. The summed E-state index contributed by atoms with van der Waals surface area (Å²) in [5.41, 5.74) is 18.1. The first-order valence-corrected chi connectivity index (χ1v) is 46.5. The lowest BCUT2D eigenvalue weighted by atomic mass is 10.1. The predicted octanol–water partition coefficient (Wildman–Crippen LogP) is 11.6. The molecule has 0 unspecified atom stereocenters. The maximum Gasteiger partial charge on any atom is 0.345 e. The van der Waals surface area contributed by atoms with E-state index in [0.29, 0.717) is 46.2 Å². The lowest BCUT2D eigenvalue weighted by Gasteiger charge is -2.23. The number of hydrogen-bond donors (Lipinski definition) is 3. The van der Waals surface area contributed by atoms with Crippen molar-refractivity contribution in [2.45, 2.75) is 106 Å². The van der Waals surface area contributed by atoms with Crippen molar-refractivity contribution in [3.05, 3.63) is 178 Å². The van der Waals surface area contributed by atoms with Crippen LogP contribution in [-0.4, -0.2) is 158 Å². The Bertz CT molecular complexity index is 3570. The molecule has 0 fully saturated rings. The van der Waals surface area contributed by atoms with Gasteiger partial charge in [0.25, 0.3) is 17.7 Å². The number of methoxy groups -OCH3 is 4. The van der Waals surface area contributed by atoms with E-state index in [1.165, 1.54) is 58.8 Å². The van der Waals surface area contributed by atoms with E-state index in [-0.39, 0.29) is 48.4 Å². The van der Waals surface area contributed by atoms with Crippen LogP contribution in [0.15, 0.2) is 150 Å². The minimum absolute atomic E-state index is 0. The van der Waals surface area contributed by atoms with E-state index in [1.807, 2.05) is 38.1 Å². The molecule has 0 radical (unpaired) electrons. The summed E-state index contributed by atoms with van der Waals surface area (Å²) in [5, 5.41) is 0. The number of amides is 3. The van der Waals surface area contributed by atoms with Crippen molar-refractivity contribution >= 4 is 116 Å². The van der Waals surface area contributed by atoms with Crippen molar-refractivity contribution in [1.29, 1.82) is 0 Å². The summed E-state index contributed by atoms with van der Waals surface area (Å²) >= 11 is 0. The van der Waals surface area contributed by atoms with E-state index >= 15 is 0 Å². The Balaban J connectivity index is 0.000000713. The zero-order valence-corrected chi connectivity index (χ0v) is 65.2. The monoisotopic (exact) mass is 1480 g/mol. The fraction of sp³-hybridized carbons (Fsp3) is 0.347. The van der Waals surface area contributed by atoms with Gasteiger partial charge in [0, 0.05) is 6.08 Å². The third-order valence-electron chi connectivity index (χ3n) is 12.6. The predicted molar refractivity (Wildman–Crippen MR) is 408 cm³/mol. The Morgan fingerprint density at radius 2 is 0.608 bits per heavy atom. The third-order valence-corrected chi connectivity index (χ3v) is 17.5. The molecule has 27 heteroatoms. The molecular weight excluding hydrogens is 1380 g/mol. The zero-order valence-electron chi connectivity index (χ0n) is 61.2. The molecule has 0 spiro atoms. The normalized spacial score (nSPS) is 11.0. The first-order valence-electron chi connectivity index (χ1n) is 32.0. The van der Waals surface area contributed by atoms with Crippen LogP contribution in [0.4, 0.5) is 0 Å². The van der Waals surface area contributed by atoms with Crippen LogP contribution in [0.25, 0.3) is 30.4 Å². The van der Waals surface area contributed by atoms with Gasteiger partial charge in [0.1, 0.15) is 59.1 Å². The summed E-state index contributed by atoms with van der Waals surface area (Å²) in [4.78, 5) is 104. The van der Waals surface area contributed by atoms with Crippen molar-refractivity contribution in [3.8, 4) is 28.7 Å². The SMILES string of the molecule is C.CC(C)OC(=O)/C=C/c1ccc(OC[Si](C)(C)C)cc1.CCOC(=O)/C(=C\c1ccc(OC[Si](C)(C)C)cc1)C(N)=O.COC(=O)C(=Cc1ccc(OC[Si](C)(C)COc2ccc(C=C(C(=O)OC)C(=O)OC)cc2)cc1)C(=O)OC.C[Si](C)(C)COc1ccc(C=C(C(N)=O)C(N)=O)cc1. The Morgan fingerprint density at radius 3 is 0.843 bits per heavy atom. The fourth-order valence-electron chi connectivity index (χ4n) is 7.46. The van der Waals surface area contributed by atoms with Crippen LogP contribution in [0.1, 0.15) is 56.0 Å². The van der Waals surface area contributed by atoms with Gasteiger partial charge in [-0.2, -0.15) is 0 Å². The maximum atomic E-state index is 11.8. The van der Waals surface area contributed by atoms with Crippen molar-refractivity contribution in [2.75, 3.05) is 66.2 Å². The summed E-state index contributed by atoms with van der Waals surface area (Å²) < 4.78 is 57.5. The van der Waals surface area contributed by atoms with Gasteiger partial charge >= 0.3 is 35.8 Å². The molecule has 23 nitrogen and oxygen atoms in total. The number of rotatable bonds is 31. The van der Waals surface area contributed by atoms with E-state index in [0.717, 1.165) is 41.5 Å². The second kappa shape index (κ2) is 44.2. The molecule has 0 saturated carbocycles. The van der Waals surface area contributed by atoms with Crippen LogP contribution in [-0.2, 0) is 71.6 Å². The highest BCUT2D eigenvalue weighted by Crippen LogP contribution is 2.23. The van der Waals surface area contributed by atoms with Gasteiger partial charge in [-0.25, -0.2) is 28.8 Å². The molecule has 0 atom stereocenters. The lowest BCUT2D eigenvalue weighted by Crippen LogP contribution is -2.41. The molecule has 0 bridgehead atoms. The summed E-state index contributed by atoms with van der Waals surface area (Å²) in [6.45, 7) is 29.9. The van der Waals surface area contributed by atoms with Gasteiger partial charge < -0.3 is 69.3 Å². The van der Waals surface area contributed by atoms with Crippen LogP contribution >= 0.6 is 0 Å². The molecule has 0 heterocycles. The summed E-state index contributed by atoms with van der Waals surface area (Å²) in [7, 11) is -0.927. The number of carbonyl (C=O) groups excluding carboxylic acids is 9. The van der Waals surface area contributed by atoms with Gasteiger partial charge in [-0.05, 0) is 140 Å². The van der Waals surface area contributed by atoms with E-state index in [4.69, 9.17) is 50.4 Å². The van der Waals surface area contributed by atoms with Crippen LogP contribution in [0, 0.1) is 0 Å². The molecule has 5 rings (SSSR count). The number of carbonyl (C=O) groups is 9. The van der Waals surface area contributed by atoms with Crippen molar-refractivity contribution < 1.29 is 95.3 Å². The molecule has 0 aliphatic rings. The largest absolute Gasteiger partial charge is 0.497 e. The van der Waals surface area contributed by atoms with Gasteiger partial charge in [-0.15, -0.1) is 0 Å². The van der Waals surface area contributed by atoms with Crippen LogP contribution in [0.3, 0.4) is 0 Å². The van der Waals surface area contributed by atoms with Gasteiger partial charge in [0.2, 0.25) is 0 Å². The molecule has 5 aromatic carbocycles. The number of ether oxygens (including phenoxy) is 11. The average Bonchev–Trinajstić information content (AvgIpc) is 0.878. The van der Waals surface area contributed by atoms with Crippen molar-refractivity contribution in [2.24, 2.45) is 17.2 Å². The Hall–Kier alpha value is -10.1. The lowest BCUT2D eigenvalue weighted by molar-refractivity contribution is -0.145. The van der Waals surface area contributed by atoms with Gasteiger partial charge in [-0.1, -0.05) is 140 Å². The van der Waals surface area contributed by atoms with Gasteiger partial charge in [-0.3, -0.25) is 14.4 Å². The molecule has 0 saturated heterocycles. The number of benzene rings is 5. The van der Waals surface area contributed by atoms with Crippen molar-refractivity contribution in [3.63, 3.8) is 0 Å². The van der Waals surface area contributed by atoms with Crippen LogP contribution in [0.2, 0.25) is 72.0 Å². The molecule has 102 heavy (non-hydrogen) atoms. The molecule has 0 aliphatic carbocycles. The fourth-order valence-corrected chi connectivity index (χ4v) is 10.5. The second-order valence-electron chi connectivity index (χ2n) is 27.0. The van der Waals surface area contributed by atoms with E-state index in [2.05, 4.69) is 91.0 Å². The van der Waals surface area contributed by atoms with Crippen LogP contribution < -0.4 is 40.9 Å². The highest BCUT2D eigenvalue weighted by molar-refractivity contribution is 6.77. The Labute approximate surface area is 604 Å². The van der Waals surface area contributed by atoms with Crippen molar-refractivity contribution in [1.82, 2.24) is 0 Å². The molecule has 3 amide bonds. The highest BCUT2D eigenvalue weighted by Gasteiger charge is 2.26. The number of hydrogen-bond acceptors (Lipinski definition) is 20. The highest BCUT2D eigenvalue weighted by atomic mass is 28.3. The van der Waals surface area contributed by atoms with E-state index in [9.17, 15) is 43.2 Å². The van der Waals surface area contributed by atoms with E-state index < -0.39 is 79.9 Å². The summed E-state index contributed by atoms with van der Waals surface area (Å²) in [6.07, 6.45) is 11.9. The smallest absolute Gasteiger partial charge is 0.345 e. The number of esters is 6. The molecule has 0 aliphatic heterocycles. The minimum atomic E-state index is -1.94. The standard InChI is InChI=1S/C28H32O10Si.C16H23NO4Si.C16H24O3Si.C14H20N2O3Si.CH4/c1-33-25(29)23(26(30)34-2)15-19-7-11-21(12-8-19)37-17-39(5,6)18-38-22-13-9-20(10-14-22)16-24(27(31)35-3)28(32)36-4;1-5-20-16(19)14(15(17)18)10-12-6-8-13(9-7-12)21-11-22(2,3)4;1-13(2)19-16(17)11-8-14-6-9-15(10-7-14)18-12-20(3,4)5;1-20(2,3)9-19-11-6-4-10(5-7-11)8-12(13(15)17)14(16)18;/h7-16H,17-18H2,1-6H3;6-10H,5,11H2,1-4H3,(H2,17,18);6-11,13H,12H2,1-5H3;4-8H,9H2,1-3H3,(H2,15,17)(H2,16,18);1H4/b;14-10-;11-8+;;. The second-order valence-corrected chi connectivity index (χ2v) is 48.1. The van der Waals surface area contributed by atoms with E-state index in [1.54, 1.807) is 110 Å². The summed E-state index contributed by atoms with van der Waals surface area (Å²) in [5.74, 6) is -3.00. The molecule has 0 aromatic heterocycles. The zero-order chi connectivity index (χ0) is 76.3. The topological polar surface area (TPSA) is 333 Å². The third kappa shape index (κ3) is 37.4. The molecule has 554 valence electrons. The average molecular weight is 1480 g/mol. The molecule has 5 aromatic rings. The molecular formula is C75H103N3O20Si4. The molecule has 6 N–H and O–H groups in total.